The number of rotatable bonds is 8. The molecule has 3 N–H and O–H groups in total. The number of amides is 1. The topological polar surface area (TPSA) is 146 Å². The fourth-order valence-electron chi connectivity index (χ4n) is 5.00. The summed E-state index contributed by atoms with van der Waals surface area (Å²) in [6.45, 7) is 2.09. The number of fused-ring (bicyclic) bond motifs is 3. The van der Waals surface area contributed by atoms with Gasteiger partial charge in [-0.05, 0) is 35.7 Å². The van der Waals surface area contributed by atoms with Gasteiger partial charge in [-0.25, -0.2) is 23.7 Å². The molecule has 3 aromatic rings. The normalized spacial score (nSPS) is 19.0. The van der Waals surface area contributed by atoms with Gasteiger partial charge >= 0.3 is 11.7 Å². The SMILES string of the molecule is CNS(=O)(=O)Nc1nccc(Cc2c(CN3CC4CC3CN4)c3ccc(OC(=O)N(C)C)cc3oc2=O)c1F. The van der Waals surface area contributed by atoms with Crippen LogP contribution in [0.5, 0.6) is 5.75 Å². The van der Waals surface area contributed by atoms with Crippen molar-refractivity contribution < 1.29 is 26.8 Å². The Bertz CT molecular complexity index is 1590. The van der Waals surface area contributed by atoms with Crippen LogP contribution in [0.4, 0.5) is 15.0 Å². The van der Waals surface area contributed by atoms with E-state index in [0.717, 1.165) is 19.5 Å². The molecule has 12 nitrogen and oxygen atoms in total. The molecule has 2 fully saturated rings. The van der Waals surface area contributed by atoms with Gasteiger partial charge in [-0.1, -0.05) is 0 Å². The van der Waals surface area contributed by atoms with Gasteiger partial charge in [0.2, 0.25) is 0 Å². The van der Waals surface area contributed by atoms with E-state index in [1.54, 1.807) is 26.2 Å². The van der Waals surface area contributed by atoms with Crippen molar-refractivity contribution in [1.82, 2.24) is 24.8 Å². The highest BCUT2D eigenvalue weighted by molar-refractivity contribution is 7.90. The number of carbonyl (C=O) groups excluding carboxylic acids is 1. The van der Waals surface area contributed by atoms with E-state index in [-0.39, 0.29) is 28.9 Å². The first-order valence-electron chi connectivity index (χ1n) is 12.3. The van der Waals surface area contributed by atoms with Crippen LogP contribution in [-0.2, 0) is 23.2 Å². The Morgan fingerprint density at radius 1 is 1.31 bits per heavy atom. The van der Waals surface area contributed by atoms with Gasteiger partial charge in [0.25, 0.3) is 10.2 Å². The molecule has 0 spiro atoms. The van der Waals surface area contributed by atoms with Crippen LogP contribution in [0.2, 0.25) is 0 Å². The highest BCUT2D eigenvalue weighted by Gasteiger charge is 2.38. The first-order valence-corrected chi connectivity index (χ1v) is 13.8. The van der Waals surface area contributed by atoms with Crippen LogP contribution in [0, 0.1) is 5.82 Å². The first-order chi connectivity index (χ1) is 18.5. The minimum atomic E-state index is -4.00. The molecular weight excluding hydrogens is 531 g/mol. The number of likely N-dealkylation sites (tertiary alicyclic amines) is 1. The molecule has 2 bridgehead atoms. The molecule has 0 aliphatic carbocycles. The molecule has 1 aromatic carbocycles. The molecule has 0 saturated carbocycles. The van der Waals surface area contributed by atoms with Gasteiger partial charge in [0.1, 0.15) is 11.3 Å². The zero-order valence-corrected chi connectivity index (χ0v) is 22.5. The highest BCUT2D eigenvalue weighted by atomic mass is 32.2. The molecule has 2 aliphatic heterocycles. The van der Waals surface area contributed by atoms with E-state index >= 15 is 4.39 Å². The molecule has 2 unspecified atom stereocenters. The third kappa shape index (κ3) is 5.59. The average molecular weight is 561 g/mol. The lowest BCUT2D eigenvalue weighted by Gasteiger charge is -2.28. The number of nitrogens with one attached hydrogen (secondary N) is 3. The van der Waals surface area contributed by atoms with E-state index in [4.69, 9.17) is 9.15 Å². The van der Waals surface area contributed by atoms with Crippen molar-refractivity contribution in [2.24, 2.45) is 0 Å². The summed E-state index contributed by atoms with van der Waals surface area (Å²) in [4.78, 5) is 32.7. The Kier molecular flexibility index (Phi) is 7.29. The first kappa shape index (κ1) is 27.0. The molecule has 2 aromatic heterocycles. The minimum absolute atomic E-state index is 0.0767. The Morgan fingerprint density at radius 3 is 2.77 bits per heavy atom. The van der Waals surface area contributed by atoms with E-state index in [0.29, 0.717) is 29.6 Å². The number of carbonyl (C=O) groups is 1. The van der Waals surface area contributed by atoms with Gasteiger partial charge in [0.05, 0.1) is 0 Å². The van der Waals surface area contributed by atoms with Gasteiger partial charge in [0, 0.05) is 82.5 Å². The van der Waals surface area contributed by atoms with Crippen molar-refractivity contribution in [2.75, 3.05) is 39.0 Å². The maximum Gasteiger partial charge on any atom is 0.414 e. The maximum absolute atomic E-state index is 15.3. The summed E-state index contributed by atoms with van der Waals surface area (Å²) in [7, 11) is 0.292. The van der Waals surface area contributed by atoms with Gasteiger partial charge in [0.15, 0.2) is 11.6 Å². The lowest BCUT2D eigenvalue weighted by Crippen LogP contribution is -2.43. The number of halogens is 1. The summed E-state index contributed by atoms with van der Waals surface area (Å²) in [6, 6.07) is 6.91. The molecule has 4 heterocycles. The fraction of sp³-hybridized carbons (Fsp3) is 0.400. The van der Waals surface area contributed by atoms with E-state index in [1.165, 1.54) is 30.3 Å². The van der Waals surface area contributed by atoms with Gasteiger partial charge in [-0.2, -0.15) is 8.42 Å². The van der Waals surface area contributed by atoms with Crippen molar-refractivity contribution in [3.05, 3.63) is 63.4 Å². The van der Waals surface area contributed by atoms with Gasteiger partial charge in [-0.15, -0.1) is 0 Å². The summed E-state index contributed by atoms with van der Waals surface area (Å²) < 4.78 is 54.2. The van der Waals surface area contributed by atoms with Crippen LogP contribution < -0.4 is 25.1 Å². The summed E-state index contributed by atoms with van der Waals surface area (Å²) in [6.07, 6.45) is 1.55. The summed E-state index contributed by atoms with van der Waals surface area (Å²) in [5.74, 6) is -1.16. The largest absolute Gasteiger partial charge is 0.422 e. The van der Waals surface area contributed by atoms with E-state index in [9.17, 15) is 18.0 Å². The number of hydrogen-bond acceptors (Lipinski definition) is 9. The number of anilines is 1. The lowest BCUT2D eigenvalue weighted by molar-refractivity contribution is 0.172. The summed E-state index contributed by atoms with van der Waals surface area (Å²) in [5, 5.41) is 4.09. The van der Waals surface area contributed by atoms with Gasteiger partial charge < -0.3 is 19.4 Å². The van der Waals surface area contributed by atoms with Crippen LogP contribution in [0.3, 0.4) is 0 Å². The number of piperazine rings is 1. The van der Waals surface area contributed by atoms with Crippen molar-refractivity contribution >= 4 is 33.1 Å². The number of pyridine rings is 1. The van der Waals surface area contributed by atoms with Crippen LogP contribution in [-0.4, -0.2) is 75.6 Å². The molecule has 2 aliphatic rings. The van der Waals surface area contributed by atoms with Crippen molar-refractivity contribution in [1.29, 1.82) is 0 Å². The minimum Gasteiger partial charge on any atom is -0.422 e. The highest BCUT2D eigenvalue weighted by Crippen LogP contribution is 2.31. The maximum atomic E-state index is 15.3. The fourth-order valence-corrected chi connectivity index (χ4v) is 5.50. The Labute approximate surface area is 224 Å². The third-order valence-corrected chi connectivity index (χ3v) is 8.03. The molecular formula is C25H29FN6O6S. The third-order valence-electron chi connectivity index (χ3n) is 7.03. The summed E-state index contributed by atoms with van der Waals surface area (Å²) in [5.41, 5.74) is 0.581. The lowest BCUT2D eigenvalue weighted by atomic mass is 9.97. The predicted molar refractivity (Wildman–Crippen MR) is 141 cm³/mol. The monoisotopic (exact) mass is 560 g/mol. The Morgan fingerprint density at radius 2 is 2.10 bits per heavy atom. The Balaban J connectivity index is 1.57. The van der Waals surface area contributed by atoms with E-state index in [1.807, 2.05) is 9.44 Å². The van der Waals surface area contributed by atoms with E-state index < -0.39 is 33.6 Å². The number of hydrogen-bond donors (Lipinski definition) is 3. The van der Waals surface area contributed by atoms with Crippen molar-refractivity contribution in [3.63, 3.8) is 0 Å². The Hall–Kier alpha value is -3.59. The van der Waals surface area contributed by atoms with Crippen LogP contribution in [0.1, 0.15) is 23.1 Å². The molecule has 14 heteroatoms. The predicted octanol–water partition coefficient (Wildman–Crippen LogP) is 1.40. The zero-order valence-electron chi connectivity index (χ0n) is 21.7. The number of benzene rings is 1. The molecule has 2 saturated heterocycles. The molecule has 208 valence electrons. The second-order valence-electron chi connectivity index (χ2n) is 9.81. The van der Waals surface area contributed by atoms with Crippen LogP contribution in [0.15, 0.2) is 39.7 Å². The molecule has 2 atom stereocenters. The quantitative estimate of drug-likeness (QED) is 0.348. The number of nitrogens with zero attached hydrogens (tertiary/aromatic N) is 3. The van der Waals surface area contributed by atoms with E-state index in [2.05, 4.69) is 15.2 Å². The molecule has 5 rings (SSSR count). The van der Waals surface area contributed by atoms with Gasteiger partial charge in [-0.3, -0.25) is 9.62 Å². The number of ether oxygens (including phenoxy) is 1. The second-order valence-corrected chi connectivity index (χ2v) is 11.4. The smallest absolute Gasteiger partial charge is 0.414 e. The van der Waals surface area contributed by atoms with Crippen LogP contribution >= 0.6 is 0 Å². The van der Waals surface area contributed by atoms with Crippen molar-refractivity contribution in [2.45, 2.75) is 31.5 Å². The van der Waals surface area contributed by atoms with Crippen molar-refractivity contribution in [3.8, 4) is 5.75 Å². The second kappa shape index (κ2) is 10.5. The number of aromatic nitrogens is 1. The average Bonchev–Trinajstić information content (AvgIpc) is 3.51. The van der Waals surface area contributed by atoms with Crippen LogP contribution in [0.25, 0.3) is 11.0 Å². The zero-order chi connectivity index (χ0) is 27.9. The summed E-state index contributed by atoms with van der Waals surface area (Å²) >= 11 is 0. The molecule has 39 heavy (non-hydrogen) atoms. The molecule has 1 amide bonds. The standard InChI is InChI=1S/C25H29FN6O6S/c1-27-39(35,36)30-23-22(26)14(6-7-28-23)8-19-20(13-32-12-15-9-16(32)11-29-15)18-5-4-17(37-25(34)31(2)3)10-21(18)38-24(19)33/h4-7,10,15-16,27,29H,8-9,11-13H2,1-3H3,(H,28,30). The molecule has 0 radical (unpaired) electrons.